The zero-order valence-electron chi connectivity index (χ0n) is 17.9. The molecular formula is C27H33NO. The summed E-state index contributed by atoms with van der Waals surface area (Å²) in [5.41, 5.74) is 5.94. The van der Waals surface area contributed by atoms with Crippen LogP contribution < -0.4 is 4.74 Å². The predicted molar refractivity (Wildman–Crippen MR) is 123 cm³/mol. The van der Waals surface area contributed by atoms with E-state index in [1.54, 1.807) is 0 Å². The zero-order chi connectivity index (χ0) is 20.3. The fourth-order valence-electron chi connectivity index (χ4n) is 3.41. The Labute approximate surface area is 176 Å². The number of aryl methyl sites for hydroxylation is 1. The Balaban J connectivity index is 1.59. The van der Waals surface area contributed by atoms with E-state index in [9.17, 15) is 0 Å². The number of unbranched alkanes of at least 4 members (excludes halogenated alkanes) is 4. The molecular weight excluding hydrogens is 354 g/mol. The monoisotopic (exact) mass is 387 g/mol. The summed E-state index contributed by atoms with van der Waals surface area (Å²) in [6.45, 7) is 5.21. The lowest BCUT2D eigenvalue weighted by Crippen LogP contribution is -1.95. The van der Waals surface area contributed by atoms with Gasteiger partial charge in [-0.3, -0.25) is 4.98 Å². The van der Waals surface area contributed by atoms with E-state index in [0.29, 0.717) is 0 Å². The molecule has 2 aromatic carbocycles. The standard InChI is InChI=1S/C27H33NO/c1-3-5-7-8-9-22-10-19-27(28-21-22)25-13-11-23(12-14-25)24-15-17-26(18-16-24)29-20-6-4-2/h10-19,21H,3-9,20H2,1-2H3. The molecule has 3 rings (SSSR count). The van der Waals surface area contributed by atoms with Gasteiger partial charge in [-0.1, -0.05) is 82.0 Å². The van der Waals surface area contributed by atoms with Crippen LogP contribution in [0.5, 0.6) is 5.75 Å². The maximum Gasteiger partial charge on any atom is 0.119 e. The van der Waals surface area contributed by atoms with E-state index in [1.807, 2.05) is 6.20 Å². The second-order valence-electron chi connectivity index (χ2n) is 7.67. The number of ether oxygens (including phenoxy) is 1. The molecule has 0 unspecified atom stereocenters. The quantitative estimate of drug-likeness (QED) is 0.314. The Bertz CT molecular complexity index is 835. The van der Waals surface area contributed by atoms with Gasteiger partial charge in [0.2, 0.25) is 0 Å². The van der Waals surface area contributed by atoms with Gasteiger partial charge in [-0.15, -0.1) is 0 Å². The molecule has 0 saturated heterocycles. The lowest BCUT2D eigenvalue weighted by Gasteiger charge is -2.08. The molecule has 0 amide bonds. The SMILES string of the molecule is CCCCCCc1ccc(-c2ccc(-c3ccc(OCCCC)cc3)cc2)nc1. The number of pyridine rings is 1. The third-order valence-electron chi connectivity index (χ3n) is 5.28. The summed E-state index contributed by atoms with van der Waals surface area (Å²) in [4.78, 5) is 4.68. The van der Waals surface area contributed by atoms with Crippen molar-refractivity contribution in [2.24, 2.45) is 0 Å². The number of hydrogen-bond donors (Lipinski definition) is 0. The van der Waals surface area contributed by atoms with Gasteiger partial charge in [0.1, 0.15) is 5.75 Å². The Morgan fingerprint density at radius 3 is 1.93 bits per heavy atom. The summed E-state index contributed by atoms with van der Waals surface area (Å²) in [6, 6.07) is 21.4. The highest BCUT2D eigenvalue weighted by Gasteiger charge is 2.03. The molecule has 0 atom stereocenters. The van der Waals surface area contributed by atoms with Gasteiger partial charge >= 0.3 is 0 Å². The summed E-state index contributed by atoms with van der Waals surface area (Å²) in [7, 11) is 0. The third-order valence-corrected chi connectivity index (χ3v) is 5.28. The Kier molecular flexibility index (Phi) is 8.30. The Hall–Kier alpha value is -2.61. The van der Waals surface area contributed by atoms with Crippen LogP contribution in [0.4, 0.5) is 0 Å². The normalized spacial score (nSPS) is 10.8. The van der Waals surface area contributed by atoms with E-state index in [4.69, 9.17) is 4.74 Å². The molecule has 1 aromatic heterocycles. The van der Waals surface area contributed by atoms with Gasteiger partial charge in [0, 0.05) is 11.8 Å². The second kappa shape index (κ2) is 11.4. The van der Waals surface area contributed by atoms with Crippen molar-refractivity contribution in [2.45, 2.75) is 58.8 Å². The minimum absolute atomic E-state index is 0.787. The van der Waals surface area contributed by atoms with Crippen molar-refractivity contribution < 1.29 is 4.74 Å². The van der Waals surface area contributed by atoms with E-state index in [-0.39, 0.29) is 0 Å². The minimum atomic E-state index is 0.787. The zero-order valence-corrected chi connectivity index (χ0v) is 17.9. The summed E-state index contributed by atoms with van der Waals surface area (Å²) in [6.07, 6.45) is 10.6. The first-order valence-corrected chi connectivity index (χ1v) is 11.1. The van der Waals surface area contributed by atoms with Gasteiger partial charge in [0.15, 0.2) is 0 Å². The highest BCUT2D eigenvalue weighted by atomic mass is 16.5. The molecule has 0 fully saturated rings. The van der Waals surface area contributed by atoms with Crippen LogP contribution in [0.15, 0.2) is 66.9 Å². The second-order valence-corrected chi connectivity index (χ2v) is 7.67. The lowest BCUT2D eigenvalue weighted by molar-refractivity contribution is 0.309. The highest BCUT2D eigenvalue weighted by Crippen LogP contribution is 2.26. The van der Waals surface area contributed by atoms with Crippen molar-refractivity contribution in [3.63, 3.8) is 0 Å². The summed E-state index contributed by atoms with van der Waals surface area (Å²) < 4.78 is 5.75. The van der Waals surface area contributed by atoms with Gasteiger partial charge in [-0.2, -0.15) is 0 Å². The molecule has 0 saturated carbocycles. The third kappa shape index (κ3) is 6.45. The number of nitrogens with zero attached hydrogens (tertiary/aromatic N) is 1. The average Bonchev–Trinajstić information content (AvgIpc) is 2.78. The van der Waals surface area contributed by atoms with Crippen LogP contribution in [0.2, 0.25) is 0 Å². The van der Waals surface area contributed by atoms with Crippen molar-refractivity contribution in [3.8, 4) is 28.1 Å². The smallest absolute Gasteiger partial charge is 0.119 e. The Morgan fingerprint density at radius 2 is 1.31 bits per heavy atom. The molecule has 2 nitrogen and oxygen atoms in total. The fourth-order valence-corrected chi connectivity index (χ4v) is 3.41. The molecule has 3 aromatic rings. The number of hydrogen-bond acceptors (Lipinski definition) is 2. The first kappa shape index (κ1) is 21.1. The highest BCUT2D eigenvalue weighted by molar-refractivity contribution is 5.69. The lowest BCUT2D eigenvalue weighted by atomic mass is 10.0. The number of rotatable bonds is 11. The van der Waals surface area contributed by atoms with Crippen molar-refractivity contribution in [1.29, 1.82) is 0 Å². The molecule has 0 radical (unpaired) electrons. The molecule has 0 aliphatic heterocycles. The van der Waals surface area contributed by atoms with Gasteiger partial charge < -0.3 is 4.74 Å². The largest absolute Gasteiger partial charge is 0.494 e. The van der Waals surface area contributed by atoms with Crippen molar-refractivity contribution in [2.75, 3.05) is 6.61 Å². The molecule has 0 aliphatic carbocycles. The van der Waals surface area contributed by atoms with Crippen LogP contribution in [0, 0.1) is 0 Å². The maximum absolute atomic E-state index is 5.75. The van der Waals surface area contributed by atoms with Crippen LogP contribution in [-0.2, 0) is 6.42 Å². The first-order chi connectivity index (χ1) is 14.3. The summed E-state index contributed by atoms with van der Waals surface area (Å²) in [5.74, 6) is 0.942. The molecule has 0 bridgehead atoms. The van der Waals surface area contributed by atoms with E-state index >= 15 is 0 Å². The van der Waals surface area contributed by atoms with Gasteiger partial charge in [0.25, 0.3) is 0 Å². The first-order valence-electron chi connectivity index (χ1n) is 11.1. The van der Waals surface area contributed by atoms with Crippen LogP contribution in [-0.4, -0.2) is 11.6 Å². The molecule has 152 valence electrons. The predicted octanol–water partition coefficient (Wildman–Crippen LogP) is 7.72. The van der Waals surface area contributed by atoms with Crippen LogP contribution >= 0.6 is 0 Å². The van der Waals surface area contributed by atoms with Crippen molar-refractivity contribution >= 4 is 0 Å². The molecule has 0 N–H and O–H groups in total. The van der Waals surface area contributed by atoms with Crippen LogP contribution in [0.3, 0.4) is 0 Å². The molecule has 0 spiro atoms. The Morgan fingerprint density at radius 1 is 0.655 bits per heavy atom. The average molecular weight is 388 g/mol. The van der Waals surface area contributed by atoms with Crippen molar-refractivity contribution in [3.05, 3.63) is 72.4 Å². The summed E-state index contributed by atoms with van der Waals surface area (Å²) >= 11 is 0. The fraction of sp³-hybridized carbons (Fsp3) is 0.370. The van der Waals surface area contributed by atoms with E-state index in [0.717, 1.165) is 42.9 Å². The number of benzene rings is 2. The van der Waals surface area contributed by atoms with Crippen molar-refractivity contribution in [1.82, 2.24) is 4.98 Å². The van der Waals surface area contributed by atoms with Gasteiger partial charge in [-0.25, -0.2) is 0 Å². The van der Waals surface area contributed by atoms with Crippen LogP contribution in [0.1, 0.15) is 57.9 Å². The minimum Gasteiger partial charge on any atom is -0.494 e. The maximum atomic E-state index is 5.75. The summed E-state index contributed by atoms with van der Waals surface area (Å²) in [5, 5.41) is 0. The van der Waals surface area contributed by atoms with E-state index in [1.165, 1.54) is 42.4 Å². The molecule has 1 heterocycles. The van der Waals surface area contributed by atoms with E-state index < -0.39 is 0 Å². The van der Waals surface area contributed by atoms with E-state index in [2.05, 4.69) is 79.5 Å². The molecule has 0 aliphatic rings. The molecule has 29 heavy (non-hydrogen) atoms. The molecule has 2 heteroatoms. The van der Waals surface area contributed by atoms with Crippen LogP contribution in [0.25, 0.3) is 22.4 Å². The number of aromatic nitrogens is 1. The topological polar surface area (TPSA) is 22.1 Å². The van der Waals surface area contributed by atoms with Gasteiger partial charge in [-0.05, 0) is 54.2 Å². The van der Waals surface area contributed by atoms with Gasteiger partial charge in [0.05, 0.1) is 12.3 Å².